The van der Waals surface area contributed by atoms with Gasteiger partial charge in [-0.25, -0.2) is 8.42 Å². The van der Waals surface area contributed by atoms with E-state index in [0.29, 0.717) is 10.6 Å². The summed E-state index contributed by atoms with van der Waals surface area (Å²) >= 11 is 5.79. The van der Waals surface area contributed by atoms with E-state index in [0.717, 1.165) is 10.4 Å². The number of thiol groups is 1. The van der Waals surface area contributed by atoms with Crippen LogP contribution in [0.4, 0.5) is 0 Å². The zero-order valence-corrected chi connectivity index (χ0v) is 13.9. The number of benzene rings is 1. The molecule has 108 valence electrons. The molecule has 0 saturated carbocycles. The minimum atomic E-state index is -3.45. The Kier molecular flexibility index (Phi) is 4.90. The zero-order valence-electron chi connectivity index (χ0n) is 11.4. The third kappa shape index (κ3) is 3.09. The maximum absolute atomic E-state index is 12.4. The van der Waals surface area contributed by atoms with Crippen molar-refractivity contribution in [3.05, 3.63) is 41.8 Å². The van der Waals surface area contributed by atoms with Crippen LogP contribution in [-0.2, 0) is 10.0 Å². The van der Waals surface area contributed by atoms with Crippen molar-refractivity contribution in [3.8, 4) is 10.4 Å². The fourth-order valence-corrected chi connectivity index (χ4v) is 4.20. The fourth-order valence-electron chi connectivity index (χ4n) is 1.75. The van der Waals surface area contributed by atoms with Crippen molar-refractivity contribution in [2.24, 2.45) is 0 Å². The normalized spacial score (nSPS) is 13.6. The van der Waals surface area contributed by atoms with Crippen molar-refractivity contribution in [2.75, 3.05) is 12.8 Å². The van der Waals surface area contributed by atoms with Crippen LogP contribution in [0.1, 0.15) is 6.92 Å². The van der Waals surface area contributed by atoms with Crippen molar-refractivity contribution < 1.29 is 8.42 Å². The topological polar surface area (TPSA) is 37.4 Å². The largest absolute Gasteiger partial charge is 0.243 e. The SMILES string of the molecule is CC(CS)N(C)S(=O)(=O)c1ccc(-c2cccs2)cc1. The van der Waals surface area contributed by atoms with Gasteiger partial charge >= 0.3 is 0 Å². The van der Waals surface area contributed by atoms with E-state index in [2.05, 4.69) is 12.6 Å². The van der Waals surface area contributed by atoms with E-state index in [1.165, 1.54) is 4.31 Å². The van der Waals surface area contributed by atoms with Crippen molar-refractivity contribution >= 4 is 34.0 Å². The third-order valence-corrected chi connectivity index (χ3v) is 6.66. The van der Waals surface area contributed by atoms with Crippen LogP contribution in [0, 0.1) is 0 Å². The summed E-state index contributed by atoms with van der Waals surface area (Å²) in [4.78, 5) is 1.44. The first-order valence-corrected chi connectivity index (χ1v) is 9.15. The van der Waals surface area contributed by atoms with Gasteiger partial charge in [-0.3, -0.25) is 0 Å². The Labute approximate surface area is 129 Å². The van der Waals surface area contributed by atoms with Gasteiger partial charge in [-0.2, -0.15) is 16.9 Å². The van der Waals surface area contributed by atoms with Gasteiger partial charge in [-0.05, 0) is 36.1 Å². The second-order valence-corrected chi connectivity index (χ2v) is 7.86. The lowest BCUT2D eigenvalue weighted by Crippen LogP contribution is -2.36. The summed E-state index contributed by atoms with van der Waals surface area (Å²) in [7, 11) is -1.86. The van der Waals surface area contributed by atoms with Crippen LogP contribution < -0.4 is 0 Å². The monoisotopic (exact) mass is 327 g/mol. The van der Waals surface area contributed by atoms with E-state index >= 15 is 0 Å². The van der Waals surface area contributed by atoms with Gasteiger partial charge in [0.25, 0.3) is 0 Å². The molecule has 0 aliphatic heterocycles. The fraction of sp³-hybridized carbons (Fsp3) is 0.286. The minimum absolute atomic E-state index is 0.139. The number of thiophene rings is 1. The Balaban J connectivity index is 2.30. The number of hydrogen-bond donors (Lipinski definition) is 1. The molecular formula is C14H17NO2S3. The summed E-state index contributed by atoms with van der Waals surface area (Å²) in [5.41, 5.74) is 1.03. The average molecular weight is 327 g/mol. The predicted octanol–water partition coefficient (Wildman–Crippen LogP) is 3.35. The highest BCUT2D eigenvalue weighted by Gasteiger charge is 2.24. The maximum atomic E-state index is 12.4. The number of rotatable bonds is 5. The first kappa shape index (κ1) is 15.6. The molecular weight excluding hydrogens is 310 g/mol. The van der Waals surface area contributed by atoms with E-state index in [4.69, 9.17) is 0 Å². The van der Waals surface area contributed by atoms with Crippen LogP contribution in [0.3, 0.4) is 0 Å². The van der Waals surface area contributed by atoms with E-state index in [1.54, 1.807) is 30.5 Å². The van der Waals surface area contributed by atoms with Crippen molar-refractivity contribution in [1.29, 1.82) is 0 Å². The van der Waals surface area contributed by atoms with E-state index in [1.807, 2.05) is 36.6 Å². The summed E-state index contributed by atoms with van der Waals surface area (Å²) < 4.78 is 26.2. The smallest absolute Gasteiger partial charge is 0.207 e. The Morgan fingerprint density at radius 1 is 1.25 bits per heavy atom. The Bertz CT molecular complexity index is 648. The minimum Gasteiger partial charge on any atom is -0.207 e. The lowest BCUT2D eigenvalue weighted by Gasteiger charge is -2.22. The summed E-state index contributed by atoms with van der Waals surface area (Å²) in [5.74, 6) is 0.489. The molecule has 0 aliphatic rings. The molecule has 3 nitrogen and oxygen atoms in total. The zero-order chi connectivity index (χ0) is 14.8. The standard InChI is InChI=1S/C14H17NO2S3/c1-11(10-18)15(2)20(16,17)13-7-5-12(6-8-13)14-4-3-9-19-14/h3-9,11,18H,10H2,1-2H3. The van der Waals surface area contributed by atoms with E-state index < -0.39 is 10.0 Å². The van der Waals surface area contributed by atoms with Crippen LogP contribution in [-0.4, -0.2) is 31.6 Å². The van der Waals surface area contributed by atoms with Gasteiger partial charge in [0.1, 0.15) is 0 Å². The lowest BCUT2D eigenvalue weighted by molar-refractivity contribution is 0.415. The quantitative estimate of drug-likeness (QED) is 0.855. The number of nitrogens with zero attached hydrogens (tertiary/aromatic N) is 1. The molecule has 0 fully saturated rings. The summed E-state index contributed by atoms with van der Waals surface area (Å²) in [6.07, 6.45) is 0. The highest BCUT2D eigenvalue weighted by Crippen LogP contribution is 2.26. The molecule has 6 heteroatoms. The highest BCUT2D eigenvalue weighted by atomic mass is 32.2. The molecule has 1 heterocycles. The molecule has 1 atom stereocenters. The van der Waals surface area contributed by atoms with Gasteiger partial charge in [-0.15, -0.1) is 11.3 Å². The second kappa shape index (κ2) is 6.30. The molecule has 0 amide bonds. The number of hydrogen-bond acceptors (Lipinski definition) is 4. The van der Waals surface area contributed by atoms with Gasteiger partial charge in [0.2, 0.25) is 10.0 Å². The van der Waals surface area contributed by atoms with Crippen molar-refractivity contribution in [2.45, 2.75) is 17.9 Å². The first-order chi connectivity index (χ1) is 9.46. The van der Waals surface area contributed by atoms with Crippen LogP contribution in [0.25, 0.3) is 10.4 Å². The highest BCUT2D eigenvalue weighted by molar-refractivity contribution is 7.89. The van der Waals surface area contributed by atoms with Crippen LogP contribution in [0.2, 0.25) is 0 Å². The Morgan fingerprint density at radius 3 is 2.40 bits per heavy atom. The van der Waals surface area contributed by atoms with Gasteiger partial charge < -0.3 is 0 Å². The molecule has 1 unspecified atom stereocenters. The third-order valence-electron chi connectivity index (χ3n) is 3.22. The molecule has 20 heavy (non-hydrogen) atoms. The molecule has 1 aromatic heterocycles. The Hall–Kier alpha value is -0.820. The molecule has 0 bridgehead atoms. The van der Waals surface area contributed by atoms with Crippen molar-refractivity contribution in [1.82, 2.24) is 4.31 Å². The van der Waals surface area contributed by atoms with Gasteiger partial charge in [0.15, 0.2) is 0 Å². The molecule has 0 spiro atoms. The second-order valence-electron chi connectivity index (χ2n) is 4.55. The number of sulfonamides is 1. The van der Waals surface area contributed by atoms with Crippen molar-refractivity contribution in [3.63, 3.8) is 0 Å². The molecule has 1 aromatic carbocycles. The van der Waals surface area contributed by atoms with Gasteiger partial charge in [0.05, 0.1) is 4.90 Å². The summed E-state index contributed by atoms with van der Waals surface area (Å²) in [6, 6.07) is 10.9. The molecule has 2 aromatic rings. The van der Waals surface area contributed by atoms with E-state index in [9.17, 15) is 8.42 Å². The van der Waals surface area contributed by atoms with Crippen LogP contribution in [0.15, 0.2) is 46.7 Å². The lowest BCUT2D eigenvalue weighted by atomic mass is 10.2. The molecule has 0 radical (unpaired) electrons. The maximum Gasteiger partial charge on any atom is 0.243 e. The molecule has 0 N–H and O–H groups in total. The summed E-state index contributed by atoms with van der Waals surface area (Å²) in [5, 5.41) is 2.00. The first-order valence-electron chi connectivity index (χ1n) is 6.19. The van der Waals surface area contributed by atoms with Gasteiger partial charge in [0, 0.05) is 23.7 Å². The van der Waals surface area contributed by atoms with E-state index in [-0.39, 0.29) is 6.04 Å². The average Bonchev–Trinajstić information content (AvgIpc) is 3.00. The van der Waals surface area contributed by atoms with Gasteiger partial charge in [-0.1, -0.05) is 18.2 Å². The molecule has 0 saturated heterocycles. The Morgan fingerprint density at radius 2 is 1.90 bits per heavy atom. The van der Waals surface area contributed by atoms with Crippen LogP contribution >= 0.6 is 24.0 Å². The predicted molar refractivity (Wildman–Crippen MR) is 88.0 cm³/mol. The summed E-state index contributed by atoms with van der Waals surface area (Å²) in [6.45, 7) is 1.84. The molecule has 2 rings (SSSR count). The van der Waals surface area contributed by atoms with Crippen LogP contribution in [0.5, 0.6) is 0 Å². The molecule has 0 aliphatic carbocycles.